The molecule has 0 saturated carbocycles. The van der Waals surface area contributed by atoms with Crippen LogP contribution in [0.5, 0.6) is 0 Å². The molecular formula is C40H35FIrN2SSi-2. The van der Waals surface area contributed by atoms with E-state index in [1.165, 1.54) is 33.5 Å². The molecule has 233 valence electrons. The zero-order valence-electron chi connectivity index (χ0n) is 26.8. The molecule has 0 N–H and O–H groups in total. The molecule has 0 amide bonds. The number of hydrogen-bond acceptors (Lipinski definition) is 3. The Hall–Kier alpha value is -3.80. The molecule has 7 aromatic rings. The summed E-state index contributed by atoms with van der Waals surface area (Å²) in [4.78, 5) is 9.13. The molecule has 2 nitrogen and oxygen atoms in total. The molecule has 46 heavy (non-hydrogen) atoms. The minimum Gasteiger partial charge on any atom is -0.305 e. The summed E-state index contributed by atoms with van der Waals surface area (Å²) in [6, 6.07) is 36.5. The van der Waals surface area contributed by atoms with E-state index in [-0.39, 0.29) is 25.9 Å². The number of pyridine rings is 2. The summed E-state index contributed by atoms with van der Waals surface area (Å²) in [6.45, 7) is 13.4. The van der Waals surface area contributed by atoms with Gasteiger partial charge in [0.15, 0.2) is 0 Å². The first-order chi connectivity index (χ1) is 21.6. The second kappa shape index (κ2) is 13.9. The summed E-state index contributed by atoms with van der Waals surface area (Å²) in [5, 5.41) is 3.00. The fraction of sp³-hybridized carbons (Fsp3) is 0.150. The first-order valence-corrected chi connectivity index (χ1v) is 19.4. The molecule has 0 aliphatic carbocycles. The van der Waals surface area contributed by atoms with Crippen LogP contribution in [0, 0.1) is 38.7 Å². The van der Waals surface area contributed by atoms with Gasteiger partial charge in [-0.25, -0.2) is 0 Å². The van der Waals surface area contributed by atoms with Gasteiger partial charge in [-0.15, -0.1) is 53.6 Å². The number of aryl methyl sites for hydroxylation is 3. The van der Waals surface area contributed by atoms with Crippen molar-refractivity contribution in [2.75, 3.05) is 0 Å². The van der Waals surface area contributed by atoms with Crippen LogP contribution in [0.2, 0.25) is 19.6 Å². The van der Waals surface area contributed by atoms with E-state index in [0.29, 0.717) is 5.39 Å². The number of aromatic nitrogens is 2. The molecular weight excluding hydrogens is 780 g/mol. The Balaban J connectivity index is 0.000000209. The van der Waals surface area contributed by atoms with Crippen LogP contribution in [-0.4, -0.2) is 18.0 Å². The van der Waals surface area contributed by atoms with Gasteiger partial charge in [0.05, 0.1) is 8.07 Å². The monoisotopic (exact) mass is 815 g/mol. The molecule has 7 rings (SSSR count). The topological polar surface area (TPSA) is 25.8 Å². The fourth-order valence-electron chi connectivity index (χ4n) is 5.83. The molecule has 0 atom stereocenters. The molecule has 0 aliphatic heterocycles. The zero-order chi connectivity index (χ0) is 31.7. The molecule has 0 unspecified atom stereocenters. The fourth-order valence-corrected chi connectivity index (χ4v) is 8.09. The van der Waals surface area contributed by atoms with Gasteiger partial charge in [-0.1, -0.05) is 73.7 Å². The number of thiophene rings is 1. The number of benzene rings is 4. The number of rotatable bonds is 4. The largest absolute Gasteiger partial charge is 0.305 e. The number of halogens is 1. The van der Waals surface area contributed by atoms with E-state index in [4.69, 9.17) is 0 Å². The van der Waals surface area contributed by atoms with Crippen molar-refractivity contribution in [2.24, 2.45) is 0 Å². The van der Waals surface area contributed by atoms with Crippen molar-refractivity contribution in [3.8, 4) is 33.6 Å². The molecule has 0 saturated heterocycles. The zero-order valence-corrected chi connectivity index (χ0v) is 31.0. The van der Waals surface area contributed by atoms with E-state index >= 15 is 0 Å². The van der Waals surface area contributed by atoms with Gasteiger partial charge in [-0.3, -0.25) is 4.39 Å². The average molecular weight is 815 g/mol. The Morgan fingerprint density at radius 2 is 1.52 bits per heavy atom. The van der Waals surface area contributed by atoms with Gasteiger partial charge in [0.25, 0.3) is 0 Å². The summed E-state index contributed by atoms with van der Waals surface area (Å²) in [6.07, 6.45) is 3.85. The smallest absolute Gasteiger partial charge is 0.0795 e. The molecule has 0 spiro atoms. The van der Waals surface area contributed by atoms with E-state index < -0.39 is 8.07 Å². The third kappa shape index (κ3) is 6.96. The number of nitrogens with zero attached hydrogens (tertiary/aromatic N) is 2. The van der Waals surface area contributed by atoms with Gasteiger partial charge in [0.2, 0.25) is 0 Å². The van der Waals surface area contributed by atoms with Crippen molar-refractivity contribution < 1.29 is 24.5 Å². The maximum absolute atomic E-state index is 14.7. The Kier molecular flexibility index (Phi) is 10.1. The van der Waals surface area contributed by atoms with Crippen LogP contribution in [0.4, 0.5) is 4.39 Å². The van der Waals surface area contributed by atoms with Gasteiger partial charge in [-0.05, 0) is 87.2 Å². The molecule has 0 aliphatic rings. The van der Waals surface area contributed by atoms with Crippen molar-refractivity contribution in [3.63, 3.8) is 0 Å². The SMILES string of the molecule is C[Si](C)(C)c1ccc(-c2[c-]cccc2)nc1.Cc1cc(C)c(-c2ccnc(-c3[c-]cc(F)c4c3sc3ccccc34)c2)c(C)c1.[Ir]. The van der Waals surface area contributed by atoms with Gasteiger partial charge in [0.1, 0.15) is 0 Å². The predicted octanol–water partition coefficient (Wildman–Crippen LogP) is 10.7. The minimum atomic E-state index is -1.23. The summed E-state index contributed by atoms with van der Waals surface area (Å²) < 4.78 is 16.7. The van der Waals surface area contributed by atoms with Crippen LogP contribution in [0.25, 0.3) is 53.8 Å². The van der Waals surface area contributed by atoms with Crippen molar-refractivity contribution >= 4 is 44.8 Å². The number of fused-ring (bicyclic) bond motifs is 3. The van der Waals surface area contributed by atoms with Crippen LogP contribution < -0.4 is 5.19 Å². The second-order valence-corrected chi connectivity index (χ2v) is 18.6. The Labute approximate surface area is 289 Å². The molecule has 1 radical (unpaired) electrons. The minimum absolute atomic E-state index is 0. The maximum atomic E-state index is 14.7. The average Bonchev–Trinajstić information content (AvgIpc) is 3.42. The molecule has 0 bridgehead atoms. The van der Waals surface area contributed by atoms with Crippen LogP contribution in [0.3, 0.4) is 0 Å². The first kappa shape index (κ1) is 33.6. The van der Waals surface area contributed by atoms with Gasteiger partial charge in [-0.2, -0.15) is 11.3 Å². The van der Waals surface area contributed by atoms with Gasteiger partial charge < -0.3 is 9.97 Å². The van der Waals surface area contributed by atoms with Crippen molar-refractivity contribution in [2.45, 2.75) is 40.4 Å². The molecule has 4 aromatic carbocycles. The summed E-state index contributed by atoms with van der Waals surface area (Å²) in [5.41, 5.74) is 9.84. The van der Waals surface area contributed by atoms with Gasteiger partial charge >= 0.3 is 0 Å². The van der Waals surface area contributed by atoms with Crippen molar-refractivity contribution in [1.82, 2.24) is 9.97 Å². The van der Waals surface area contributed by atoms with E-state index in [2.05, 4.69) is 92.8 Å². The Bertz CT molecular complexity index is 2110. The van der Waals surface area contributed by atoms with Crippen LogP contribution in [0.15, 0.2) is 103 Å². The Morgan fingerprint density at radius 1 is 0.783 bits per heavy atom. The maximum Gasteiger partial charge on any atom is 0.0795 e. The van der Waals surface area contributed by atoms with Gasteiger partial charge in [0, 0.05) is 43.0 Å². The summed E-state index contributed by atoms with van der Waals surface area (Å²) in [7, 11) is -1.23. The number of hydrogen-bond donors (Lipinski definition) is 0. The second-order valence-electron chi connectivity index (χ2n) is 12.5. The van der Waals surface area contributed by atoms with Crippen LogP contribution >= 0.6 is 11.3 Å². The van der Waals surface area contributed by atoms with Crippen molar-refractivity contribution in [3.05, 3.63) is 138 Å². The third-order valence-corrected chi connectivity index (χ3v) is 11.2. The molecule has 0 fully saturated rings. The van der Waals surface area contributed by atoms with Crippen molar-refractivity contribution in [1.29, 1.82) is 0 Å². The molecule has 3 aromatic heterocycles. The Morgan fingerprint density at radius 3 is 2.20 bits per heavy atom. The summed E-state index contributed by atoms with van der Waals surface area (Å²) in [5.74, 6) is -0.234. The standard InChI is InChI=1S/C26H19FNS.C14H16NSi.Ir/c1-15-12-16(2)24(17(3)13-15)18-10-11-28-22(14-18)19-8-9-21(27)25-20-6-4-5-7-23(20)29-26(19)25;1-16(2,3)13-9-10-14(15-11-13)12-7-5-4-6-8-12;/h4-7,9-14H,1-3H3;4-7,9-11H,1-3H3;/q2*-1;. The van der Waals surface area contributed by atoms with E-state index in [0.717, 1.165) is 42.9 Å². The normalized spacial score (nSPS) is 11.2. The van der Waals surface area contributed by atoms with Crippen LogP contribution in [0.1, 0.15) is 16.7 Å². The molecule has 3 heterocycles. The first-order valence-electron chi connectivity index (χ1n) is 15.1. The van der Waals surface area contributed by atoms with E-state index in [1.807, 2.05) is 67.0 Å². The van der Waals surface area contributed by atoms with E-state index in [1.54, 1.807) is 11.3 Å². The summed E-state index contributed by atoms with van der Waals surface area (Å²) >= 11 is 1.60. The van der Waals surface area contributed by atoms with E-state index in [9.17, 15) is 4.39 Å². The quantitative estimate of drug-likeness (QED) is 0.131. The predicted molar refractivity (Wildman–Crippen MR) is 192 cm³/mol. The van der Waals surface area contributed by atoms with Crippen LogP contribution in [-0.2, 0) is 20.1 Å². The molecule has 6 heteroatoms. The third-order valence-electron chi connectivity index (χ3n) is 8.00.